The van der Waals surface area contributed by atoms with Crippen molar-refractivity contribution < 1.29 is 0 Å². The molecule has 1 unspecified atom stereocenters. The molecular weight excluding hydrogens is 200 g/mol. The summed E-state index contributed by atoms with van der Waals surface area (Å²) in [5.41, 5.74) is 5.64. The van der Waals surface area contributed by atoms with Crippen LogP contribution in [0.5, 0.6) is 0 Å². The maximum atomic E-state index is 8.68. The van der Waals surface area contributed by atoms with Gasteiger partial charge in [0.2, 0.25) is 0 Å². The molecule has 0 aromatic carbocycles. The fourth-order valence-electron chi connectivity index (χ4n) is 2.90. The van der Waals surface area contributed by atoms with E-state index in [1.165, 1.54) is 25.7 Å². The van der Waals surface area contributed by atoms with Crippen LogP contribution >= 0.6 is 0 Å². The molecule has 0 bridgehead atoms. The van der Waals surface area contributed by atoms with Crippen molar-refractivity contribution in [3.63, 3.8) is 0 Å². The quantitative estimate of drug-likeness (QED) is 0.751. The minimum absolute atomic E-state index is 0.321. The normalized spacial score (nSPS) is 26.8. The summed E-state index contributed by atoms with van der Waals surface area (Å²) in [4.78, 5) is 4.95. The molecule has 0 radical (unpaired) electrons. The number of nitriles is 1. The van der Waals surface area contributed by atoms with E-state index in [0.717, 1.165) is 38.8 Å². The van der Waals surface area contributed by atoms with Gasteiger partial charge in [0, 0.05) is 38.8 Å². The first-order valence-electron chi connectivity index (χ1n) is 6.41. The highest BCUT2D eigenvalue weighted by Crippen LogP contribution is 2.24. The Bertz CT molecular complexity index is 246. The van der Waals surface area contributed by atoms with Gasteiger partial charge in [-0.1, -0.05) is 12.8 Å². The van der Waals surface area contributed by atoms with Crippen LogP contribution in [0.2, 0.25) is 0 Å². The van der Waals surface area contributed by atoms with Gasteiger partial charge in [0.05, 0.1) is 6.07 Å². The summed E-state index contributed by atoms with van der Waals surface area (Å²) in [6.45, 7) is 5.19. The van der Waals surface area contributed by atoms with Crippen LogP contribution in [0.1, 0.15) is 25.7 Å². The smallest absolute Gasteiger partial charge is 0.106 e. The lowest BCUT2D eigenvalue weighted by atomic mass is 10.1. The van der Waals surface area contributed by atoms with Gasteiger partial charge in [-0.05, 0) is 12.8 Å². The van der Waals surface area contributed by atoms with Crippen molar-refractivity contribution in [2.24, 2.45) is 5.73 Å². The third-order valence-electron chi connectivity index (χ3n) is 3.87. The summed E-state index contributed by atoms with van der Waals surface area (Å²) >= 11 is 0. The molecule has 1 saturated carbocycles. The Kier molecular flexibility index (Phi) is 4.16. The van der Waals surface area contributed by atoms with Crippen LogP contribution in [-0.2, 0) is 0 Å². The molecule has 4 nitrogen and oxygen atoms in total. The van der Waals surface area contributed by atoms with Crippen molar-refractivity contribution in [3.05, 3.63) is 0 Å². The van der Waals surface area contributed by atoms with Crippen LogP contribution in [0.4, 0.5) is 0 Å². The molecule has 0 amide bonds. The van der Waals surface area contributed by atoms with Crippen LogP contribution < -0.4 is 5.73 Å². The average Bonchev–Trinajstić information content (AvgIpc) is 2.83. The predicted octanol–water partition coefficient (Wildman–Crippen LogP) is 0.397. The molecule has 0 spiro atoms. The average molecular weight is 222 g/mol. The first-order valence-corrected chi connectivity index (χ1v) is 6.41. The zero-order chi connectivity index (χ0) is 11.4. The second kappa shape index (κ2) is 5.62. The maximum Gasteiger partial charge on any atom is 0.106 e. The second-order valence-corrected chi connectivity index (χ2v) is 5.01. The number of piperazine rings is 1. The van der Waals surface area contributed by atoms with E-state index in [1.807, 2.05) is 0 Å². The molecule has 2 aliphatic rings. The topological polar surface area (TPSA) is 56.3 Å². The zero-order valence-electron chi connectivity index (χ0n) is 9.94. The van der Waals surface area contributed by atoms with Crippen LogP contribution in [0, 0.1) is 11.3 Å². The largest absolute Gasteiger partial charge is 0.315 e. The molecule has 0 aromatic heterocycles. The van der Waals surface area contributed by atoms with E-state index in [-0.39, 0.29) is 6.04 Å². The Morgan fingerprint density at radius 1 is 1.19 bits per heavy atom. The predicted molar refractivity (Wildman–Crippen MR) is 63.9 cm³/mol. The summed E-state index contributed by atoms with van der Waals surface area (Å²) in [7, 11) is 0. The summed E-state index contributed by atoms with van der Waals surface area (Å²) < 4.78 is 0. The van der Waals surface area contributed by atoms with Crippen molar-refractivity contribution in [1.82, 2.24) is 9.80 Å². The molecule has 0 aromatic rings. The van der Waals surface area contributed by atoms with Gasteiger partial charge < -0.3 is 5.73 Å². The van der Waals surface area contributed by atoms with Gasteiger partial charge in [-0.2, -0.15) is 5.26 Å². The van der Waals surface area contributed by atoms with Crippen LogP contribution in [-0.4, -0.2) is 54.6 Å². The standard InChI is InChI=1S/C12H22N4/c13-9-11(14)10-15-5-7-16(8-6-15)12-3-1-2-4-12/h11-12H,1-8,10,14H2. The van der Waals surface area contributed by atoms with Crippen LogP contribution in [0.3, 0.4) is 0 Å². The summed E-state index contributed by atoms with van der Waals surface area (Å²) in [5, 5.41) is 8.68. The molecule has 1 aliphatic heterocycles. The van der Waals surface area contributed by atoms with Crippen LogP contribution in [0.25, 0.3) is 0 Å². The van der Waals surface area contributed by atoms with E-state index in [0.29, 0.717) is 0 Å². The fourth-order valence-corrected chi connectivity index (χ4v) is 2.90. The number of hydrogen-bond donors (Lipinski definition) is 1. The number of hydrogen-bond acceptors (Lipinski definition) is 4. The van der Waals surface area contributed by atoms with E-state index < -0.39 is 0 Å². The van der Waals surface area contributed by atoms with Gasteiger partial charge in [0.1, 0.15) is 6.04 Å². The minimum Gasteiger partial charge on any atom is -0.315 e. The Labute approximate surface area is 98.0 Å². The first-order chi connectivity index (χ1) is 7.79. The number of nitrogens with two attached hydrogens (primary N) is 1. The van der Waals surface area contributed by atoms with Gasteiger partial charge in [-0.15, -0.1) is 0 Å². The van der Waals surface area contributed by atoms with Gasteiger partial charge in [0.15, 0.2) is 0 Å². The van der Waals surface area contributed by atoms with E-state index in [1.54, 1.807) is 0 Å². The van der Waals surface area contributed by atoms with Crippen LogP contribution in [0.15, 0.2) is 0 Å². The van der Waals surface area contributed by atoms with Crippen molar-refractivity contribution in [1.29, 1.82) is 5.26 Å². The summed E-state index contributed by atoms with van der Waals surface area (Å²) in [6, 6.07) is 2.62. The SMILES string of the molecule is N#CC(N)CN1CCN(C2CCCC2)CC1. The van der Waals surface area contributed by atoms with E-state index in [4.69, 9.17) is 11.0 Å². The Morgan fingerprint density at radius 3 is 2.38 bits per heavy atom. The van der Waals surface area contributed by atoms with Crippen molar-refractivity contribution in [2.45, 2.75) is 37.8 Å². The lowest BCUT2D eigenvalue weighted by molar-refractivity contribution is 0.0970. The highest BCUT2D eigenvalue weighted by molar-refractivity contribution is 4.90. The molecule has 4 heteroatoms. The lowest BCUT2D eigenvalue weighted by Gasteiger charge is -2.38. The maximum absolute atomic E-state index is 8.68. The molecule has 1 atom stereocenters. The highest BCUT2D eigenvalue weighted by Gasteiger charge is 2.26. The Morgan fingerprint density at radius 2 is 1.81 bits per heavy atom. The van der Waals surface area contributed by atoms with Crippen molar-refractivity contribution in [3.8, 4) is 6.07 Å². The first kappa shape index (κ1) is 11.8. The Balaban J connectivity index is 1.72. The molecule has 2 rings (SSSR count). The third-order valence-corrected chi connectivity index (χ3v) is 3.87. The van der Waals surface area contributed by atoms with E-state index >= 15 is 0 Å². The highest BCUT2D eigenvalue weighted by atomic mass is 15.3. The van der Waals surface area contributed by atoms with Crippen molar-refractivity contribution >= 4 is 0 Å². The molecule has 2 N–H and O–H groups in total. The molecule has 1 aliphatic carbocycles. The van der Waals surface area contributed by atoms with Gasteiger partial charge in [-0.25, -0.2) is 0 Å². The molecule has 90 valence electrons. The summed E-state index contributed by atoms with van der Waals surface area (Å²) in [6.07, 6.45) is 5.59. The molecule has 2 fully saturated rings. The van der Waals surface area contributed by atoms with Gasteiger partial charge in [-0.3, -0.25) is 9.80 Å². The fraction of sp³-hybridized carbons (Fsp3) is 0.917. The van der Waals surface area contributed by atoms with E-state index in [9.17, 15) is 0 Å². The van der Waals surface area contributed by atoms with E-state index in [2.05, 4.69) is 15.9 Å². The van der Waals surface area contributed by atoms with Crippen molar-refractivity contribution in [2.75, 3.05) is 32.7 Å². The third kappa shape index (κ3) is 2.94. The zero-order valence-corrected chi connectivity index (χ0v) is 9.94. The monoisotopic (exact) mass is 222 g/mol. The molecule has 1 saturated heterocycles. The molecular formula is C12H22N4. The summed E-state index contributed by atoms with van der Waals surface area (Å²) in [5.74, 6) is 0. The number of nitrogens with zero attached hydrogens (tertiary/aromatic N) is 3. The minimum atomic E-state index is -0.321. The lowest BCUT2D eigenvalue weighted by Crippen LogP contribution is -2.51. The molecule has 1 heterocycles. The Hall–Kier alpha value is -0.630. The second-order valence-electron chi connectivity index (χ2n) is 5.01. The van der Waals surface area contributed by atoms with Gasteiger partial charge in [0.25, 0.3) is 0 Å². The molecule has 16 heavy (non-hydrogen) atoms. The number of rotatable bonds is 3. The van der Waals surface area contributed by atoms with Gasteiger partial charge >= 0.3 is 0 Å².